The molecule has 6 heterocycles. The van der Waals surface area contributed by atoms with Gasteiger partial charge in [0.1, 0.15) is 84.1 Å². The zero-order valence-corrected chi connectivity index (χ0v) is 69.3. The number of Topliss-reactive ketones (excluding diaryl/α,β-unsaturated/α-hetero) is 2. The summed E-state index contributed by atoms with van der Waals surface area (Å²) in [4.78, 5) is 181. The molecule has 4 aromatic heterocycles. The number of hydrogen-bond acceptors (Lipinski definition) is 34. The highest BCUT2D eigenvalue weighted by Crippen LogP contribution is 2.63. The third-order valence-corrected chi connectivity index (χ3v) is 24.8. The zero-order valence-electron chi connectivity index (χ0n) is 63.9. The van der Waals surface area contributed by atoms with Crippen LogP contribution in [0.3, 0.4) is 0 Å². The van der Waals surface area contributed by atoms with Gasteiger partial charge in [-0.1, -0.05) is 79.7 Å². The first-order valence-corrected chi connectivity index (χ1v) is 44.6. The number of aliphatic hydroxyl groups excluding tert-OH is 4. The van der Waals surface area contributed by atoms with Gasteiger partial charge in [0.25, 0.3) is 0 Å². The number of fused-ring (bicyclic) bond motifs is 2. The molecule has 20 N–H and O–H groups in total. The van der Waals surface area contributed by atoms with Crippen LogP contribution < -0.4 is 32.7 Å². The SMILES string of the molecule is CC(C)(CCCc1ccc(CCCC(C)(C)C(=O)CCNC(=O)CCNC(=O)C(O)C(C)(C)COP(=O)(O)OP(=O)(O)OCC2OC(n3cnc4c(N)ncnc43)C(O)C2OP(=O)(O)O)cc1)C(=O)CCNC(=O)CCNC(=O)C(O)C(C)(C)COP(=O)(O)OP(=O)(O)OCC1OC(n2cnc3c(N)ncnc32)C(O)C1OP(=O)(O)O. The molecule has 4 amide bonds. The van der Waals surface area contributed by atoms with E-state index < -0.39 is 180 Å². The number of aryl methyl sites for hydroxylation is 2. The van der Waals surface area contributed by atoms with Gasteiger partial charge in [0.05, 0.1) is 39.1 Å². The number of aliphatic hydroxyl groups is 4. The van der Waals surface area contributed by atoms with Crippen LogP contribution in [0.5, 0.6) is 0 Å². The van der Waals surface area contributed by atoms with Crippen LogP contribution in [0.15, 0.2) is 49.6 Å². The minimum atomic E-state index is -5.65. The second kappa shape index (κ2) is 39.9. The maximum absolute atomic E-state index is 13.3. The molecule has 650 valence electrons. The van der Waals surface area contributed by atoms with Crippen molar-refractivity contribution in [2.24, 2.45) is 21.7 Å². The standard InChI is InChI=1S/C62H98N14O34P6/c1-59(2,39(77)17-23-65-41(79)19-25-67-55(85)49(83)61(5,6)29-103-115(97,98)109-113(93,94)101-27-37-47(107-111(87,88)89)45(81)57(105-37)75-33-73-43-51(63)69-31-71-53(43)75)21-9-11-35-13-15-36(16-14-35)12-10-22-60(3,4)40(78)18-24-66-42(80)20-26-68-56(86)50(84)62(7,8)30-104-116(99,100)110-114(95,96)102-28-38-48(108-112(90,91)92)46(82)58(106-38)76-34-74-44-52(64)70-32-72-54(44)76/h13-16,31-34,37-38,45-50,57-58,81-84H,9-12,17-30H2,1-8H3,(H,65,79)(H,66,80)(H,67,85)(H,68,86)(H,93,94)(H,95,96)(H,97,98)(H,99,100)(H2,63,69,71)(H2,64,70,72)(H2,87,88,89)(H2,90,91,92). The van der Waals surface area contributed by atoms with Crippen LogP contribution in [-0.2, 0) is 114 Å². The monoisotopic (exact) mass is 1770 g/mol. The number of nitrogens with zero attached hydrogens (tertiary/aromatic N) is 8. The Kier molecular flexibility index (Phi) is 33.3. The van der Waals surface area contributed by atoms with Crippen molar-refractivity contribution in [1.29, 1.82) is 0 Å². The van der Waals surface area contributed by atoms with Gasteiger partial charge in [-0.05, 0) is 49.7 Å². The van der Waals surface area contributed by atoms with E-state index in [4.69, 9.17) is 39.0 Å². The fourth-order valence-electron chi connectivity index (χ4n) is 11.8. The molecular weight excluding hydrogens is 1670 g/mol. The Bertz CT molecular complexity index is 4300. The van der Waals surface area contributed by atoms with Crippen LogP contribution in [0, 0.1) is 21.7 Å². The number of phosphoric ester groups is 6. The third-order valence-electron chi connectivity index (χ3n) is 18.6. The van der Waals surface area contributed by atoms with Crippen LogP contribution in [0.25, 0.3) is 22.3 Å². The van der Waals surface area contributed by atoms with E-state index in [-0.39, 0.29) is 97.4 Å². The number of benzene rings is 1. The maximum Gasteiger partial charge on any atom is 0.481 e. The van der Waals surface area contributed by atoms with Crippen molar-refractivity contribution >= 4 is 116 Å². The number of carbonyl (C=O) groups is 6. The number of aromatic nitrogens is 8. The maximum atomic E-state index is 13.3. The first kappa shape index (κ1) is 96.8. The highest BCUT2D eigenvalue weighted by Gasteiger charge is 2.53. The summed E-state index contributed by atoms with van der Waals surface area (Å²) < 4.78 is 126. The van der Waals surface area contributed by atoms with Gasteiger partial charge in [-0.25, -0.2) is 57.3 Å². The van der Waals surface area contributed by atoms with Crippen molar-refractivity contribution in [3.05, 3.63) is 60.7 Å². The number of ketones is 2. The van der Waals surface area contributed by atoms with Gasteiger partial charge in [0.2, 0.25) is 23.6 Å². The zero-order chi connectivity index (χ0) is 86.5. The molecule has 2 fully saturated rings. The first-order chi connectivity index (χ1) is 53.6. The molecule has 54 heteroatoms. The highest BCUT2D eigenvalue weighted by molar-refractivity contribution is 7.61. The van der Waals surface area contributed by atoms with Crippen LogP contribution in [0.1, 0.15) is 130 Å². The van der Waals surface area contributed by atoms with Crippen LogP contribution in [0.2, 0.25) is 0 Å². The van der Waals surface area contributed by atoms with E-state index in [1.807, 2.05) is 24.3 Å². The molecule has 7 rings (SSSR count). The molecule has 2 aliphatic rings. The van der Waals surface area contributed by atoms with E-state index in [0.717, 1.165) is 45.6 Å². The summed E-state index contributed by atoms with van der Waals surface area (Å²) in [6.07, 6.45) is -10.9. The molecule has 116 heavy (non-hydrogen) atoms. The topological polar surface area (TPSA) is 727 Å². The number of nitrogen functional groups attached to an aromatic ring is 2. The number of phosphoric acid groups is 6. The highest BCUT2D eigenvalue weighted by atomic mass is 31.3. The Morgan fingerprint density at radius 2 is 0.819 bits per heavy atom. The van der Waals surface area contributed by atoms with Gasteiger partial charge in [0, 0.05) is 73.5 Å². The van der Waals surface area contributed by atoms with Crippen molar-refractivity contribution in [1.82, 2.24) is 60.3 Å². The van der Waals surface area contributed by atoms with Gasteiger partial charge in [-0.3, -0.25) is 65.0 Å². The Hall–Kier alpha value is -6.36. The average molecular weight is 1770 g/mol. The van der Waals surface area contributed by atoms with Crippen LogP contribution in [0.4, 0.5) is 11.6 Å². The molecule has 48 nitrogen and oxygen atoms in total. The van der Waals surface area contributed by atoms with Crippen molar-refractivity contribution in [3.63, 3.8) is 0 Å². The average Bonchev–Trinajstić information content (AvgIpc) is 1.62. The van der Waals surface area contributed by atoms with Crippen molar-refractivity contribution in [2.45, 2.75) is 181 Å². The first-order valence-electron chi connectivity index (χ1n) is 35.5. The van der Waals surface area contributed by atoms with Gasteiger partial charge < -0.3 is 102 Å². The number of imidazole rings is 2. The largest absolute Gasteiger partial charge is 0.481 e. The Balaban J connectivity index is 0.712. The summed E-state index contributed by atoms with van der Waals surface area (Å²) in [5, 5.41) is 53.5. The molecule has 2 aliphatic heterocycles. The predicted molar refractivity (Wildman–Crippen MR) is 398 cm³/mol. The second-order valence-electron chi connectivity index (χ2n) is 29.8. The number of hydrogen-bond donors (Lipinski definition) is 18. The lowest BCUT2D eigenvalue weighted by molar-refractivity contribution is -0.137. The number of anilines is 2. The molecule has 5 aromatic rings. The molecule has 0 spiro atoms. The minimum Gasteiger partial charge on any atom is -0.386 e. The van der Waals surface area contributed by atoms with E-state index in [0.29, 0.717) is 38.5 Å². The van der Waals surface area contributed by atoms with Crippen LogP contribution in [-0.4, -0.2) is 235 Å². The minimum absolute atomic E-state index is 0.00114. The quantitative estimate of drug-likeness (QED) is 0.0243. The lowest BCUT2D eigenvalue weighted by Gasteiger charge is -2.30. The molecular formula is C62H98N14O34P6. The summed E-state index contributed by atoms with van der Waals surface area (Å²) in [5.74, 6) is -3.50. The summed E-state index contributed by atoms with van der Waals surface area (Å²) in [6, 6.07) is 7.97. The summed E-state index contributed by atoms with van der Waals surface area (Å²) in [5.41, 5.74) is 8.91. The fraction of sp³-hybridized carbons (Fsp3) is 0.645. The van der Waals surface area contributed by atoms with E-state index in [9.17, 15) is 116 Å². The van der Waals surface area contributed by atoms with E-state index >= 15 is 0 Å². The normalized spacial score (nSPS) is 21.8. The summed E-state index contributed by atoms with van der Waals surface area (Å²) in [6.45, 7) is 7.26. The van der Waals surface area contributed by atoms with Gasteiger partial charge in [0.15, 0.2) is 35.4 Å². The molecule has 0 radical (unpaired) electrons. The van der Waals surface area contributed by atoms with Crippen molar-refractivity contribution in [2.75, 3.05) is 64.1 Å². The lowest BCUT2D eigenvalue weighted by atomic mass is 9.80. The van der Waals surface area contributed by atoms with Crippen molar-refractivity contribution < 1.29 is 161 Å². The van der Waals surface area contributed by atoms with Gasteiger partial charge >= 0.3 is 46.9 Å². The lowest BCUT2D eigenvalue weighted by Crippen LogP contribution is -2.46. The van der Waals surface area contributed by atoms with Crippen LogP contribution >= 0.6 is 46.9 Å². The Morgan fingerprint density at radius 1 is 0.491 bits per heavy atom. The number of carbonyl (C=O) groups excluding carboxylic acids is 6. The number of ether oxygens (including phenoxy) is 2. The van der Waals surface area contributed by atoms with Crippen molar-refractivity contribution in [3.8, 4) is 0 Å². The summed E-state index contributed by atoms with van der Waals surface area (Å²) in [7, 11) is -33.2. The molecule has 0 bridgehead atoms. The van der Waals surface area contributed by atoms with E-state index in [2.05, 4.69) is 68.8 Å². The molecule has 0 aliphatic carbocycles. The summed E-state index contributed by atoms with van der Waals surface area (Å²) >= 11 is 0. The number of nitrogens with two attached hydrogens (primary N) is 2. The number of rotatable bonds is 48. The molecule has 0 saturated carbocycles. The van der Waals surface area contributed by atoms with E-state index in [1.165, 1.54) is 27.7 Å². The number of nitrogens with one attached hydrogen (secondary N) is 4. The smallest absolute Gasteiger partial charge is 0.386 e. The second-order valence-corrected chi connectivity index (χ2v) is 38.2. The van der Waals surface area contributed by atoms with Gasteiger partial charge in [-0.2, -0.15) is 8.62 Å². The predicted octanol–water partition coefficient (Wildman–Crippen LogP) is 1.14. The Labute approximate surface area is 662 Å². The Morgan fingerprint density at radius 3 is 1.16 bits per heavy atom. The van der Waals surface area contributed by atoms with E-state index in [1.54, 1.807) is 27.7 Å². The molecule has 2 saturated heterocycles. The fourth-order valence-corrected chi connectivity index (χ4v) is 17.5. The van der Waals surface area contributed by atoms with Gasteiger partial charge in [-0.15, -0.1) is 0 Å². The number of amides is 4. The molecule has 14 unspecified atom stereocenters. The third kappa shape index (κ3) is 28.4. The molecule has 14 atom stereocenters. The molecule has 1 aromatic carbocycles.